The molecule has 0 saturated heterocycles. The Morgan fingerprint density at radius 2 is 2.07 bits per heavy atom. The van der Waals surface area contributed by atoms with Crippen LogP contribution in [0.2, 0.25) is 0 Å². The summed E-state index contributed by atoms with van der Waals surface area (Å²) in [5.41, 5.74) is 2.40. The number of rotatable bonds is 3. The molecular formula is C11H16BrNO2. The van der Waals surface area contributed by atoms with E-state index >= 15 is 0 Å². The van der Waals surface area contributed by atoms with Gasteiger partial charge in [0, 0.05) is 6.54 Å². The minimum absolute atomic E-state index is 0.208. The Hall–Kier alpha value is -0.580. The molecular weight excluding hydrogens is 258 g/mol. The monoisotopic (exact) mass is 273 g/mol. The second-order valence-electron chi connectivity index (χ2n) is 3.64. The van der Waals surface area contributed by atoms with Gasteiger partial charge in [0.05, 0.1) is 10.6 Å². The molecule has 0 fully saturated rings. The predicted molar refractivity (Wildman–Crippen MR) is 64.2 cm³/mol. The number of nitrogens with one attached hydrogen (secondary N) is 1. The number of likely N-dealkylation sites (N-methyl/N-ethyl adjacent to an activating group) is 1. The number of phenolic OH excluding ortho intramolecular Hbond substituents is 1. The highest BCUT2D eigenvalue weighted by Gasteiger charge is 2.15. The lowest BCUT2D eigenvalue weighted by Gasteiger charge is -2.16. The third-order valence-electron chi connectivity index (χ3n) is 2.47. The Morgan fingerprint density at radius 1 is 1.47 bits per heavy atom. The zero-order valence-corrected chi connectivity index (χ0v) is 10.7. The minimum Gasteiger partial charge on any atom is -0.506 e. The predicted octanol–water partition coefficient (Wildman–Crippen LogP) is 2.02. The van der Waals surface area contributed by atoms with Gasteiger partial charge in [-0.05, 0) is 53.5 Å². The average Bonchev–Trinajstić information content (AvgIpc) is 2.20. The first kappa shape index (κ1) is 12.5. The molecule has 0 aliphatic rings. The van der Waals surface area contributed by atoms with Gasteiger partial charge in [0.2, 0.25) is 0 Å². The van der Waals surface area contributed by atoms with E-state index in [0.717, 1.165) is 16.7 Å². The van der Waals surface area contributed by atoms with E-state index in [1.807, 2.05) is 13.0 Å². The van der Waals surface area contributed by atoms with Crippen LogP contribution in [0.4, 0.5) is 0 Å². The van der Waals surface area contributed by atoms with Crippen LogP contribution in [0.15, 0.2) is 10.5 Å². The van der Waals surface area contributed by atoms with Crippen molar-refractivity contribution in [3.05, 3.63) is 27.2 Å². The van der Waals surface area contributed by atoms with Crippen molar-refractivity contribution in [1.82, 2.24) is 5.32 Å². The molecule has 0 aromatic heterocycles. The van der Waals surface area contributed by atoms with Crippen molar-refractivity contribution in [2.24, 2.45) is 0 Å². The molecule has 1 atom stereocenters. The van der Waals surface area contributed by atoms with Gasteiger partial charge in [-0.2, -0.15) is 0 Å². The number of aryl methyl sites for hydroxylation is 1. The molecule has 0 spiro atoms. The Kier molecular flexibility index (Phi) is 4.13. The molecule has 3 N–H and O–H groups in total. The van der Waals surface area contributed by atoms with Gasteiger partial charge in [0.25, 0.3) is 0 Å². The van der Waals surface area contributed by atoms with Crippen LogP contribution >= 0.6 is 15.9 Å². The molecule has 0 saturated carbocycles. The normalized spacial score (nSPS) is 12.9. The molecule has 84 valence electrons. The van der Waals surface area contributed by atoms with Crippen LogP contribution in [-0.4, -0.2) is 23.8 Å². The summed E-state index contributed by atoms with van der Waals surface area (Å²) >= 11 is 3.30. The fraction of sp³-hybridized carbons (Fsp3) is 0.455. The van der Waals surface area contributed by atoms with Gasteiger partial charge in [-0.1, -0.05) is 6.07 Å². The van der Waals surface area contributed by atoms with E-state index in [-0.39, 0.29) is 5.75 Å². The molecule has 1 aromatic carbocycles. The summed E-state index contributed by atoms with van der Waals surface area (Å²) in [7, 11) is 1.78. The summed E-state index contributed by atoms with van der Waals surface area (Å²) in [4.78, 5) is 0. The maximum atomic E-state index is 9.85. The van der Waals surface area contributed by atoms with Crippen molar-refractivity contribution in [3.8, 4) is 5.75 Å². The highest BCUT2D eigenvalue weighted by atomic mass is 79.9. The van der Waals surface area contributed by atoms with E-state index in [2.05, 4.69) is 21.2 Å². The lowest BCUT2D eigenvalue weighted by Crippen LogP contribution is -2.17. The molecule has 15 heavy (non-hydrogen) atoms. The third-order valence-corrected chi connectivity index (χ3v) is 3.47. The number of hydrogen-bond acceptors (Lipinski definition) is 3. The first-order valence-electron chi connectivity index (χ1n) is 4.80. The van der Waals surface area contributed by atoms with Crippen LogP contribution in [0, 0.1) is 13.8 Å². The molecule has 0 aliphatic carbocycles. The second kappa shape index (κ2) is 4.96. The fourth-order valence-electron chi connectivity index (χ4n) is 1.54. The maximum Gasteiger partial charge on any atom is 0.133 e. The van der Waals surface area contributed by atoms with Crippen LogP contribution < -0.4 is 5.32 Å². The molecule has 1 rings (SSSR count). The number of hydrogen-bond donors (Lipinski definition) is 3. The van der Waals surface area contributed by atoms with Crippen molar-refractivity contribution in [2.45, 2.75) is 20.0 Å². The molecule has 1 aromatic rings. The van der Waals surface area contributed by atoms with E-state index in [0.29, 0.717) is 11.0 Å². The third kappa shape index (κ3) is 2.51. The summed E-state index contributed by atoms with van der Waals surface area (Å²) in [5.74, 6) is 0.208. The molecule has 0 bridgehead atoms. The Balaban J connectivity index is 3.19. The van der Waals surface area contributed by atoms with E-state index in [1.54, 1.807) is 14.0 Å². The summed E-state index contributed by atoms with van der Waals surface area (Å²) in [6.45, 7) is 4.16. The van der Waals surface area contributed by atoms with E-state index in [9.17, 15) is 10.2 Å². The van der Waals surface area contributed by atoms with Crippen molar-refractivity contribution in [3.63, 3.8) is 0 Å². The van der Waals surface area contributed by atoms with Crippen LogP contribution in [0.3, 0.4) is 0 Å². The van der Waals surface area contributed by atoms with Gasteiger partial charge in [0.15, 0.2) is 0 Å². The molecule has 1 unspecified atom stereocenters. The van der Waals surface area contributed by atoms with Gasteiger partial charge >= 0.3 is 0 Å². The Morgan fingerprint density at radius 3 is 2.60 bits per heavy atom. The highest BCUT2D eigenvalue weighted by Crippen LogP contribution is 2.35. The average molecular weight is 274 g/mol. The summed E-state index contributed by atoms with van der Waals surface area (Å²) in [5, 5.41) is 22.6. The molecule has 0 amide bonds. The minimum atomic E-state index is -0.590. The van der Waals surface area contributed by atoms with Crippen molar-refractivity contribution >= 4 is 15.9 Å². The Bertz CT molecular complexity index is 366. The molecule has 0 heterocycles. The molecule has 0 aliphatic heterocycles. The first-order chi connectivity index (χ1) is 6.99. The van der Waals surface area contributed by atoms with E-state index < -0.39 is 6.10 Å². The lowest BCUT2D eigenvalue weighted by atomic mass is 9.99. The lowest BCUT2D eigenvalue weighted by molar-refractivity contribution is 0.176. The number of benzene rings is 1. The van der Waals surface area contributed by atoms with Crippen molar-refractivity contribution in [1.29, 1.82) is 0 Å². The molecule has 4 heteroatoms. The summed E-state index contributed by atoms with van der Waals surface area (Å²) < 4.78 is 0.695. The molecule has 0 radical (unpaired) electrons. The topological polar surface area (TPSA) is 52.5 Å². The van der Waals surface area contributed by atoms with Gasteiger partial charge in [-0.25, -0.2) is 0 Å². The van der Waals surface area contributed by atoms with E-state index in [1.165, 1.54) is 0 Å². The van der Waals surface area contributed by atoms with Crippen LogP contribution in [0.25, 0.3) is 0 Å². The fourth-order valence-corrected chi connectivity index (χ4v) is 1.95. The van der Waals surface area contributed by atoms with Crippen molar-refractivity contribution in [2.75, 3.05) is 13.6 Å². The van der Waals surface area contributed by atoms with Crippen molar-refractivity contribution < 1.29 is 10.2 Å². The smallest absolute Gasteiger partial charge is 0.133 e. The van der Waals surface area contributed by atoms with Crippen LogP contribution in [0.5, 0.6) is 5.75 Å². The second-order valence-corrected chi connectivity index (χ2v) is 4.44. The highest BCUT2D eigenvalue weighted by molar-refractivity contribution is 9.10. The van der Waals surface area contributed by atoms with E-state index in [4.69, 9.17) is 0 Å². The Labute approximate surface area is 98.3 Å². The van der Waals surface area contributed by atoms with Crippen LogP contribution in [-0.2, 0) is 0 Å². The largest absolute Gasteiger partial charge is 0.506 e. The summed E-state index contributed by atoms with van der Waals surface area (Å²) in [6.07, 6.45) is -0.590. The SMILES string of the molecule is CNCC(O)c1cc(C)c(Br)c(O)c1C. The molecule has 3 nitrogen and oxygen atoms in total. The zero-order chi connectivity index (χ0) is 11.6. The quantitative estimate of drug-likeness (QED) is 0.790. The number of phenols is 1. The zero-order valence-electron chi connectivity index (χ0n) is 9.13. The standard InChI is InChI=1S/C11H16BrNO2/c1-6-4-8(9(14)5-13-3)7(2)11(15)10(6)12/h4,9,13-15H,5H2,1-3H3. The number of aromatic hydroxyl groups is 1. The summed E-state index contributed by atoms with van der Waals surface area (Å²) in [6, 6.07) is 1.89. The van der Waals surface area contributed by atoms with Gasteiger partial charge < -0.3 is 15.5 Å². The van der Waals surface area contributed by atoms with Gasteiger partial charge in [-0.15, -0.1) is 0 Å². The van der Waals surface area contributed by atoms with Gasteiger partial charge in [0.1, 0.15) is 5.75 Å². The maximum absolute atomic E-state index is 9.85. The van der Waals surface area contributed by atoms with Crippen LogP contribution in [0.1, 0.15) is 22.8 Å². The number of aliphatic hydroxyl groups excluding tert-OH is 1. The first-order valence-corrected chi connectivity index (χ1v) is 5.59. The van der Waals surface area contributed by atoms with Gasteiger partial charge in [-0.3, -0.25) is 0 Å². The number of halogens is 1. The number of aliphatic hydroxyl groups is 1.